The van der Waals surface area contributed by atoms with E-state index in [1.807, 2.05) is 13.8 Å². The number of Topliss-reactive ketones (excluding diaryl/α,β-unsaturated/α-hetero) is 1. The Morgan fingerprint density at radius 2 is 1.82 bits per heavy atom. The van der Waals surface area contributed by atoms with Gasteiger partial charge in [-0.2, -0.15) is 0 Å². The maximum atomic E-state index is 14.2. The third-order valence-electron chi connectivity index (χ3n) is 5.81. The van der Waals surface area contributed by atoms with Crippen LogP contribution in [0.25, 0.3) is 0 Å². The van der Waals surface area contributed by atoms with Crippen molar-refractivity contribution in [3.8, 4) is 17.2 Å². The van der Waals surface area contributed by atoms with Gasteiger partial charge in [-0.15, -0.1) is 0 Å². The zero-order valence-electron chi connectivity index (χ0n) is 19.2. The summed E-state index contributed by atoms with van der Waals surface area (Å²) in [4.78, 5) is 24.8. The van der Waals surface area contributed by atoms with Crippen LogP contribution in [-0.4, -0.2) is 24.9 Å². The van der Waals surface area contributed by atoms with Crippen molar-refractivity contribution in [2.24, 2.45) is 11.3 Å². The first kappa shape index (κ1) is 24.0. The molecule has 0 N–H and O–H groups in total. The summed E-state index contributed by atoms with van der Waals surface area (Å²) < 4.78 is 30.9. The van der Waals surface area contributed by atoms with Crippen molar-refractivity contribution in [3.63, 3.8) is 0 Å². The highest BCUT2D eigenvalue weighted by atomic mass is 19.1. The molecule has 2 aromatic rings. The number of allylic oxidation sites excluding steroid dienone is 3. The molecule has 0 spiro atoms. The van der Waals surface area contributed by atoms with Crippen LogP contribution in [0.1, 0.15) is 36.7 Å². The lowest BCUT2D eigenvalue weighted by atomic mass is 9.68. The van der Waals surface area contributed by atoms with Gasteiger partial charge in [0.25, 0.3) is 5.70 Å². The zero-order chi connectivity index (χ0) is 24.3. The van der Waals surface area contributed by atoms with Gasteiger partial charge in [0, 0.05) is 17.2 Å². The van der Waals surface area contributed by atoms with Crippen molar-refractivity contribution < 1.29 is 28.3 Å². The Hall–Kier alpha value is -3.68. The molecule has 0 saturated heterocycles. The van der Waals surface area contributed by atoms with E-state index in [0.717, 1.165) is 0 Å². The molecule has 1 atom stereocenters. The Morgan fingerprint density at radius 3 is 2.42 bits per heavy atom. The minimum atomic E-state index is -0.809. The van der Waals surface area contributed by atoms with Gasteiger partial charge in [0.05, 0.1) is 30.6 Å². The molecule has 33 heavy (non-hydrogen) atoms. The number of hydrogen-bond acceptors (Lipinski definition) is 6. The van der Waals surface area contributed by atoms with Crippen LogP contribution in [0.5, 0.6) is 17.2 Å². The summed E-state index contributed by atoms with van der Waals surface area (Å²) in [6.45, 7) is 5.12. The number of methoxy groups -OCH3 is 2. The fourth-order valence-corrected chi connectivity index (χ4v) is 4.12. The third-order valence-corrected chi connectivity index (χ3v) is 5.81. The van der Waals surface area contributed by atoms with Gasteiger partial charge in [0.15, 0.2) is 17.3 Å². The molecule has 0 amide bonds. The topological polar surface area (TPSA) is 87.9 Å². The molecule has 0 aliphatic heterocycles. The molecule has 2 aromatic carbocycles. The summed E-state index contributed by atoms with van der Waals surface area (Å²) in [6.07, 6.45) is 3.10. The van der Waals surface area contributed by atoms with Crippen LogP contribution >= 0.6 is 0 Å². The van der Waals surface area contributed by atoms with E-state index < -0.39 is 22.1 Å². The van der Waals surface area contributed by atoms with Crippen LogP contribution in [0.3, 0.4) is 0 Å². The van der Waals surface area contributed by atoms with Crippen molar-refractivity contribution in [2.45, 2.75) is 27.4 Å². The molecular formula is C25H26FNO6. The minimum Gasteiger partial charge on any atom is -0.493 e. The fourth-order valence-electron chi connectivity index (χ4n) is 4.12. The van der Waals surface area contributed by atoms with Gasteiger partial charge in [-0.1, -0.05) is 38.1 Å². The molecule has 7 nitrogen and oxygen atoms in total. The molecule has 1 aliphatic rings. The van der Waals surface area contributed by atoms with Gasteiger partial charge in [-0.3, -0.25) is 14.9 Å². The van der Waals surface area contributed by atoms with Crippen molar-refractivity contribution >= 4 is 5.78 Å². The highest BCUT2D eigenvalue weighted by Gasteiger charge is 2.42. The van der Waals surface area contributed by atoms with Gasteiger partial charge < -0.3 is 14.2 Å². The number of ketones is 1. The number of halogens is 1. The van der Waals surface area contributed by atoms with Crippen LogP contribution in [0.4, 0.5) is 4.39 Å². The zero-order valence-corrected chi connectivity index (χ0v) is 19.2. The van der Waals surface area contributed by atoms with Crippen LogP contribution < -0.4 is 14.2 Å². The first-order valence-electron chi connectivity index (χ1n) is 10.3. The second-order valence-electron chi connectivity index (χ2n) is 8.34. The highest BCUT2D eigenvalue weighted by molar-refractivity contribution is 6.03. The van der Waals surface area contributed by atoms with Crippen molar-refractivity contribution in [2.75, 3.05) is 14.2 Å². The van der Waals surface area contributed by atoms with E-state index in [9.17, 15) is 19.3 Å². The quantitative estimate of drug-likeness (QED) is 0.302. The highest BCUT2D eigenvalue weighted by Crippen LogP contribution is 2.46. The molecule has 3 rings (SSSR count). The van der Waals surface area contributed by atoms with E-state index in [4.69, 9.17) is 14.2 Å². The molecule has 0 fully saturated rings. The molecule has 0 saturated carbocycles. The largest absolute Gasteiger partial charge is 0.493 e. The van der Waals surface area contributed by atoms with Gasteiger partial charge in [0.1, 0.15) is 12.4 Å². The van der Waals surface area contributed by atoms with Gasteiger partial charge in [0.2, 0.25) is 5.75 Å². The Kier molecular flexibility index (Phi) is 6.86. The number of nitrogens with zero attached hydrogens (tertiary/aromatic N) is 1. The molecule has 1 unspecified atom stereocenters. The van der Waals surface area contributed by atoms with Gasteiger partial charge >= 0.3 is 0 Å². The van der Waals surface area contributed by atoms with Crippen LogP contribution in [0, 0.1) is 27.3 Å². The number of carbonyl (C=O) groups excluding carboxylic acids is 1. The van der Waals surface area contributed by atoms with E-state index in [-0.39, 0.29) is 35.1 Å². The van der Waals surface area contributed by atoms with Crippen molar-refractivity contribution in [3.05, 3.63) is 86.9 Å². The maximum Gasteiger partial charge on any atom is 0.268 e. The average Bonchev–Trinajstić information content (AvgIpc) is 2.76. The lowest BCUT2D eigenvalue weighted by Gasteiger charge is -2.34. The normalized spacial score (nSPS) is 17.0. The van der Waals surface area contributed by atoms with Gasteiger partial charge in [-0.25, -0.2) is 4.39 Å². The number of ether oxygens (including phenoxy) is 3. The van der Waals surface area contributed by atoms with Crippen molar-refractivity contribution in [1.82, 2.24) is 0 Å². The Balaban J connectivity index is 2.11. The van der Waals surface area contributed by atoms with Crippen LogP contribution in [0.15, 0.2) is 59.8 Å². The Labute approximate surface area is 191 Å². The smallest absolute Gasteiger partial charge is 0.268 e. The molecule has 8 heteroatoms. The predicted molar refractivity (Wildman–Crippen MR) is 121 cm³/mol. The number of rotatable bonds is 8. The molecule has 174 valence electrons. The second kappa shape index (κ2) is 9.44. The summed E-state index contributed by atoms with van der Waals surface area (Å²) in [5, 5.41) is 11.5. The molecule has 0 heterocycles. The van der Waals surface area contributed by atoms with E-state index >= 15 is 0 Å². The SMILES string of the molecule is COc1ccc(C(=O)C2C(C)=C([N+](=O)[O-])C=CC2(C)C)c(OCc2ccccc2F)c1OC. The summed E-state index contributed by atoms with van der Waals surface area (Å²) in [7, 11) is 2.86. The second-order valence-corrected chi connectivity index (χ2v) is 8.34. The minimum absolute atomic E-state index is 0.0888. The molecule has 1 aliphatic carbocycles. The Morgan fingerprint density at radius 1 is 1.12 bits per heavy atom. The summed E-state index contributed by atoms with van der Waals surface area (Å²) in [6, 6.07) is 9.25. The fraction of sp³-hybridized carbons (Fsp3) is 0.320. The average molecular weight is 455 g/mol. The lowest BCUT2D eigenvalue weighted by molar-refractivity contribution is -0.421. The first-order chi connectivity index (χ1) is 15.6. The number of hydrogen-bond donors (Lipinski definition) is 0. The van der Waals surface area contributed by atoms with Crippen LogP contribution in [0.2, 0.25) is 0 Å². The van der Waals surface area contributed by atoms with E-state index in [1.54, 1.807) is 37.3 Å². The molecular weight excluding hydrogens is 429 g/mol. The first-order valence-corrected chi connectivity index (χ1v) is 10.3. The van der Waals surface area contributed by atoms with Gasteiger partial charge in [-0.05, 0) is 30.5 Å². The summed E-state index contributed by atoms with van der Waals surface area (Å²) in [5.41, 5.74) is 0.0264. The number of carbonyl (C=O) groups is 1. The Bertz CT molecular complexity index is 1150. The third kappa shape index (κ3) is 4.60. The van der Waals surface area contributed by atoms with E-state index in [0.29, 0.717) is 16.9 Å². The van der Waals surface area contributed by atoms with E-state index in [1.165, 1.54) is 32.4 Å². The number of benzene rings is 2. The standard InChI is InChI=1S/C25H26FNO6/c1-15-19(27(29)30)12-13-25(2,3)21(15)22(28)17-10-11-20(31-4)24(32-5)23(17)33-14-16-8-6-7-9-18(16)26/h6-13,21H,14H2,1-5H3. The predicted octanol–water partition coefficient (Wildman–Crippen LogP) is 5.37. The lowest BCUT2D eigenvalue weighted by Crippen LogP contribution is -2.34. The molecule has 0 bridgehead atoms. The molecule has 0 aromatic heterocycles. The maximum absolute atomic E-state index is 14.2. The monoisotopic (exact) mass is 455 g/mol. The number of nitro groups is 1. The van der Waals surface area contributed by atoms with E-state index in [2.05, 4.69) is 0 Å². The summed E-state index contributed by atoms with van der Waals surface area (Å²) >= 11 is 0. The molecule has 0 radical (unpaired) electrons. The summed E-state index contributed by atoms with van der Waals surface area (Å²) in [5.74, 6) is -1.02. The van der Waals surface area contributed by atoms with Crippen LogP contribution in [-0.2, 0) is 6.61 Å². The van der Waals surface area contributed by atoms with Crippen molar-refractivity contribution in [1.29, 1.82) is 0 Å².